The summed E-state index contributed by atoms with van der Waals surface area (Å²) in [5.41, 5.74) is 1.42. The van der Waals surface area contributed by atoms with Gasteiger partial charge in [0.25, 0.3) is 12.3 Å². The van der Waals surface area contributed by atoms with Crippen molar-refractivity contribution in [3.63, 3.8) is 0 Å². The van der Waals surface area contributed by atoms with Crippen LogP contribution in [0.25, 0.3) is 0 Å². The van der Waals surface area contributed by atoms with E-state index in [1.807, 2.05) is 6.07 Å². The summed E-state index contributed by atoms with van der Waals surface area (Å²) in [5, 5.41) is 6.88. The smallest absolute Gasteiger partial charge is 0.282 e. The number of benzene rings is 2. The Labute approximate surface area is 222 Å². The van der Waals surface area contributed by atoms with Crippen molar-refractivity contribution in [1.29, 1.82) is 0 Å². The minimum atomic E-state index is -2.93. The second-order valence-electron chi connectivity index (χ2n) is 8.40. The Hall–Kier alpha value is -3.37. The number of ether oxygens (including phenoxy) is 2. The Morgan fingerprint density at radius 2 is 1.84 bits per heavy atom. The van der Waals surface area contributed by atoms with Crippen LogP contribution in [0.5, 0.6) is 11.5 Å². The van der Waals surface area contributed by atoms with Crippen LogP contribution in [0.4, 0.5) is 8.78 Å². The van der Waals surface area contributed by atoms with Crippen molar-refractivity contribution >= 4 is 35.0 Å². The highest BCUT2D eigenvalue weighted by atomic mass is 35.5. The number of carbonyl (C=O) groups excluding carboxylic acids is 2. The van der Waals surface area contributed by atoms with Gasteiger partial charge in [-0.05, 0) is 47.4 Å². The summed E-state index contributed by atoms with van der Waals surface area (Å²) in [6.45, 7) is -0.100. The Morgan fingerprint density at radius 3 is 2.49 bits per heavy atom. The van der Waals surface area contributed by atoms with E-state index in [0.29, 0.717) is 40.1 Å². The molecule has 0 bridgehead atoms. The molecule has 0 saturated carbocycles. The van der Waals surface area contributed by atoms with Crippen molar-refractivity contribution in [2.75, 3.05) is 27.3 Å². The standard InChI is InChI=1S/C25H24Cl2F2N4O4/c1-32-12-17(22(31-32)24(28)29)25(35)30-11-21(34)33-7-6-13-8-19(36-2)20(37-3)10-16(13)23(33)15-5-4-14(26)9-18(15)27/h4-5,8-10,12,23-24H,6-7,11H2,1-3H3,(H,30,35). The number of hydrogen-bond donors (Lipinski definition) is 1. The maximum Gasteiger partial charge on any atom is 0.282 e. The number of hydrogen-bond acceptors (Lipinski definition) is 5. The van der Waals surface area contributed by atoms with Gasteiger partial charge in [-0.1, -0.05) is 29.3 Å². The van der Waals surface area contributed by atoms with Gasteiger partial charge in [0.15, 0.2) is 11.5 Å². The fraction of sp³-hybridized carbons (Fsp3) is 0.320. The quantitative estimate of drug-likeness (QED) is 0.463. The summed E-state index contributed by atoms with van der Waals surface area (Å²) >= 11 is 12.7. The average Bonchev–Trinajstić information content (AvgIpc) is 3.28. The molecule has 1 aliphatic heterocycles. The molecule has 1 unspecified atom stereocenters. The third kappa shape index (κ3) is 5.35. The van der Waals surface area contributed by atoms with Crippen molar-refractivity contribution in [3.8, 4) is 11.5 Å². The number of nitrogens with zero attached hydrogens (tertiary/aromatic N) is 3. The molecule has 196 valence electrons. The number of rotatable bonds is 7. The van der Waals surface area contributed by atoms with Gasteiger partial charge in [0.2, 0.25) is 5.91 Å². The van der Waals surface area contributed by atoms with Crippen molar-refractivity contribution in [2.45, 2.75) is 18.9 Å². The lowest BCUT2D eigenvalue weighted by Gasteiger charge is -2.38. The highest BCUT2D eigenvalue weighted by molar-refractivity contribution is 6.35. The molecule has 3 aromatic rings. The van der Waals surface area contributed by atoms with Crippen molar-refractivity contribution < 1.29 is 27.8 Å². The van der Waals surface area contributed by atoms with Crippen molar-refractivity contribution in [3.05, 3.63) is 74.5 Å². The van der Waals surface area contributed by atoms with Gasteiger partial charge in [-0.2, -0.15) is 5.10 Å². The fourth-order valence-corrected chi connectivity index (χ4v) is 4.98. The third-order valence-corrected chi connectivity index (χ3v) is 6.72. The van der Waals surface area contributed by atoms with E-state index in [9.17, 15) is 18.4 Å². The normalized spacial score (nSPS) is 14.9. The monoisotopic (exact) mass is 552 g/mol. The van der Waals surface area contributed by atoms with E-state index in [4.69, 9.17) is 32.7 Å². The van der Waals surface area contributed by atoms with E-state index >= 15 is 0 Å². The van der Waals surface area contributed by atoms with E-state index in [-0.39, 0.29) is 5.56 Å². The Morgan fingerprint density at radius 1 is 1.14 bits per heavy atom. The average molecular weight is 553 g/mol. The van der Waals surface area contributed by atoms with Crippen molar-refractivity contribution in [2.24, 2.45) is 7.05 Å². The van der Waals surface area contributed by atoms with Crippen LogP contribution in [0.2, 0.25) is 10.0 Å². The van der Waals surface area contributed by atoms with Gasteiger partial charge < -0.3 is 19.7 Å². The summed E-state index contributed by atoms with van der Waals surface area (Å²) < 4.78 is 38.6. The Kier molecular flexibility index (Phi) is 7.89. The molecule has 12 heteroatoms. The molecule has 0 radical (unpaired) electrons. The first-order valence-corrected chi connectivity index (χ1v) is 12.0. The van der Waals surface area contributed by atoms with Crippen LogP contribution in [0.1, 0.15) is 45.2 Å². The number of amides is 2. The first-order valence-electron chi connectivity index (χ1n) is 11.2. The van der Waals surface area contributed by atoms with E-state index in [2.05, 4.69) is 10.4 Å². The van der Waals surface area contributed by atoms with Gasteiger partial charge in [-0.15, -0.1) is 0 Å². The summed E-state index contributed by atoms with van der Waals surface area (Å²) in [5.74, 6) is -0.204. The molecule has 1 N–H and O–H groups in total. The van der Waals surface area contributed by atoms with Gasteiger partial charge >= 0.3 is 0 Å². The number of nitrogens with one attached hydrogen (secondary N) is 1. The van der Waals surface area contributed by atoms with Crippen LogP contribution in [-0.2, 0) is 18.3 Å². The molecule has 0 saturated heterocycles. The summed E-state index contributed by atoms with van der Waals surface area (Å²) in [6.07, 6.45) is -1.23. The second kappa shape index (κ2) is 10.9. The van der Waals surface area contributed by atoms with E-state index in [0.717, 1.165) is 15.8 Å². The van der Waals surface area contributed by atoms with Gasteiger partial charge in [0, 0.05) is 29.8 Å². The van der Waals surface area contributed by atoms with E-state index in [1.54, 1.807) is 36.3 Å². The number of carbonyl (C=O) groups is 2. The van der Waals surface area contributed by atoms with Gasteiger partial charge in [0.1, 0.15) is 5.69 Å². The molecule has 2 aromatic carbocycles. The number of aromatic nitrogens is 2. The van der Waals surface area contributed by atoms with Crippen LogP contribution in [0.15, 0.2) is 36.5 Å². The lowest BCUT2D eigenvalue weighted by atomic mass is 9.87. The Bertz CT molecular complexity index is 1350. The molecule has 8 nitrogen and oxygen atoms in total. The van der Waals surface area contributed by atoms with Crippen LogP contribution in [0, 0.1) is 0 Å². The molecule has 0 spiro atoms. The summed E-state index contributed by atoms with van der Waals surface area (Å²) in [4.78, 5) is 27.6. The number of alkyl halides is 2. The zero-order valence-corrected chi connectivity index (χ0v) is 21.7. The van der Waals surface area contributed by atoms with Crippen LogP contribution < -0.4 is 14.8 Å². The maximum atomic E-state index is 13.4. The fourth-order valence-electron chi connectivity index (χ4n) is 4.47. The van der Waals surface area contributed by atoms with E-state index in [1.165, 1.54) is 20.4 Å². The molecule has 0 fully saturated rings. The molecule has 4 rings (SSSR count). The molecule has 2 heterocycles. The SMILES string of the molecule is COc1cc2c(cc1OC)C(c1ccc(Cl)cc1Cl)N(C(=O)CNC(=O)c1cn(C)nc1C(F)F)CC2. The molecule has 2 amide bonds. The molecular weight excluding hydrogens is 529 g/mol. The lowest BCUT2D eigenvalue weighted by molar-refractivity contribution is -0.132. The zero-order valence-electron chi connectivity index (χ0n) is 20.2. The highest BCUT2D eigenvalue weighted by Gasteiger charge is 2.35. The maximum absolute atomic E-state index is 13.4. The predicted molar refractivity (Wildman–Crippen MR) is 134 cm³/mol. The Balaban J connectivity index is 1.67. The third-order valence-electron chi connectivity index (χ3n) is 6.16. The number of aryl methyl sites for hydroxylation is 1. The topological polar surface area (TPSA) is 85.7 Å². The predicted octanol–water partition coefficient (Wildman–Crippen LogP) is 4.59. The highest BCUT2D eigenvalue weighted by Crippen LogP contribution is 2.43. The molecular formula is C25H24Cl2F2N4O4. The first kappa shape index (κ1) is 26.7. The minimum absolute atomic E-state index is 0.289. The molecule has 1 aliphatic rings. The number of fused-ring (bicyclic) bond motifs is 1. The molecule has 0 aliphatic carbocycles. The van der Waals surface area contributed by atoms with Crippen LogP contribution in [0.3, 0.4) is 0 Å². The number of methoxy groups -OCH3 is 2. The molecule has 37 heavy (non-hydrogen) atoms. The summed E-state index contributed by atoms with van der Waals surface area (Å²) in [6, 6.07) is 8.05. The second-order valence-corrected chi connectivity index (χ2v) is 9.24. The van der Waals surface area contributed by atoms with Crippen LogP contribution >= 0.6 is 23.2 Å². The molecule has 1 atom stereocenters. The minimum Gasteiger partial charge on any atom is -0.493 e. The lowest BCUT2D eigenvalue weighted by Crippen LogP contribution is -2.45. The van der Waals surface area contributed by atoms with Crippen LogP contribution in [-0.4, -0.2) is 53.8 Å². The van der Waals surface area contributed by atoms with Gasteiger partial charge in [-0.25, -0.2) is 8.78 Å². The largest absolute Gasteiger partial charge is 0.493 e. The van der Waals surface area contributed by atoms with Gasteiger partial charge in [-0.3, -0.25) is 14.3 Å². The first-order chi connectivity index (χ1) is 17.6. The van der Waals surface area contributed by atoms with Crippen molar-refractivity contribution in [1.82, 2.24) is 20.0 Å². The zero-order chi connectivity index (χ0) is 26.9. The van der Waals surface area contributed by atoms with E-state index < -0.39 is 36.5 Å². The molecule has 1 aromatic heterocycles. The number of halogens is 4. The van der Waals surface area contributed by atoms with Gasteiger partial charge in [0.05, 0.1) is 32.4 Å². The summed E-state index contributed by atoms with van der Waals surface area (Å²) in [7, 11) is 4.49.